The van der Waals surface area contributed by atoms with E-state index < -0.39 is 0 Å². The highest BCUT2D eigenvalue weighted by molar-refractivity contribution is 4.55. The van der Waals surface area contributed by atoms with Crippen LogP contribution in [-0.2, 0) is 0 Å². The van der Waals surface area contributed by atoms with Crippen LogP contribution in [0, 0.1) is 0 Å². The molecule has 5 N–H and O–H groups in total. The fourth-order valence-electron chi connectivity index (χ4n) is 1.25. The molecule has 0 atom stereocenters. The first-order valence-electron chi connectivity index (χ1n) is 5.49. The Morgan fingerprint density at radius 2 is 1.69 bits per heavy atom. The minimum absolute atomic E-state index is 0.160. The summed E-state index contributed by atoms with van der Waals surface area (Å²) in [5.74, 6) is 0. The van der Waals surface area contributed by atoms with Gasteiger partial charge in [-0.25, -0.2) is 0 Å². The molecule has 0 aliphatic heterocycles. The Kier molecular flexibility index (Phi) is 9.87. The number of unbranched alkanes of at least 4 members (excludes halogenated alkanes) is 4. The summed E-state index contributed by atoms with van der Waals surface area (Å²) in [5.41, 5.74) is 10.8. The van der Waals surface area contributed by atoms with Crippen LogP contribution in [0.4, 0.5) is 0 Å². The molecule has 0 amide bonds. The van der Waals surface area contributed by atoms with Gasteiger partial charge in [-0.3, -0.25) is 0 Å². The zero-order valence-electron chi connectivity index (χ0n) is 8.89. The topological polar surface area (TPSA) is 64.1 Å². The van der Waals surface area contributed by atoms with Gasteiger partial charge in [0, 0.05) is 0 Å². The van der Waals surface area contributed by atoms with Gasteiger partial charge in [-0.1, -0.05) is 32.6 Å². The molecule has 0 rings (SSSR count). The van der Waals surface area contributed by atoms with Gasteiger partial charge >= 0.3 is 0 Å². The summed E-state index contributed by atoms with van der Waals surface area (Å²) >= 11 is 0. The summed E-state index contributed by atoms with van der Waals surface area (Å²) in [7, 11) is 0. The van der Waals surface area contributed by atoms with E-state index in [1.54, 1.807) is 0 Å². The molecule has 3 heteroatoms. The van der Waals surface area contributed by atoms with Gasteiger partial charge in [0.25, 0.3) is 0 Å². The molecule has 0 aromatic rings. The summed E-state index contributed by atoms with van der Waals surface area (Å²) in [6, 6.07) is 0. The highest BCUT2D eigenvalue weighted by Gasteiger charge is 1.93. The Balaban J connectivity index is 2.84. The molecule has 0 saturated heterocycles. The average Bonchev–Trinajstić information content (AvgIpc) is 2.09. The van der Waals surface area contributed by atoms with Crippen molar-refractivity contribution in [2.75, 3.05) is 13.1 Å². The molecule has 0 fully saturated rings. The van der Waals surface area contributed by atoms with Crippen LogP contribution < -0.4 is 16.8 Å². The van der Waals surface area contributed by atoms with Crippen LogP contribution >= 0.6 is 0 Å². The molecule has 0 aromatic heterocycles. The molecule has 0 radical (unpaired) electrons. The van der Waals surface area contributed by atoms with E-state index in [0.29, 0.717) is 0 Å². The number of hydrogen-bond acceptors (Lipinski definition) is 3. The highest BCUT2D eigenvalue weighted by Crippen LogP contribution is 2.00. The third kappa shape index (κ3) is 11.9. The van der Waals surface area contributed by atoms with Crippen molar-refractivity contribution in [1.82, 2.24) is 5.32 Å². The third-order valence-electron chi connectivity index (χ3n) is 2.11. The molecule has 0 aromatic carbocycles. The van der Waals surface area contributed by atoms with Gasteiger partial charge in [-0.05, 0) is 25.9 Å². The number of hydrogen-bond donors (Lipinski definition) is 3. The quantitative estimate of drug-likeness (QED) is 0.375. The lowest BCUT2D eigenvalue weighted by molar-refractivity contribution is 0.544. The normalized spacial score (nSPS) is 11.1. The molecule has 0 unspecified atom stereocenters. The lowest BCUT2D eigenvalue weighted by Gasteiger charge is -2.06. The van der Waals surface area contributed by atoms with Crippen LogP contribution in [0.3, 0.4) is 0 Å². The Labute approximate surface area is 82.3 Å². The zero-order chi connectivity index (χ0) is 9.94. The highest BCUT2D eigenvalue weighted by atomic mass is 14.9. The standard InChI is InChI=1S/C10H25N3/c1-2-3-4-5-6-8-13-9-7-10(11)12/h10,13H,2-9,11-12H2,1H3. The summed E-state index contributed by atoms with van der Waals surface area (Å²) in [6.07, 6.45) is 7.38. The molecule has 0 bridgehead atoms. The summed E-state index contributed by atoms with van der Waals surface area (Å²) in [4.78, 5) is 0. The van der Waals surface area contributed by atoms with Crippen molar-refractivity contribution < 1.29 is 0 Å². The van der Waals surface area contributed by atoms with Crippen LogP contribution in [-0.4, -0.2) is 19.3 Å². The summed E-state index contributed by atoms with van der Waals surface area (Å²) in [6.45, 7) is 4.29. The van der Waals surface area contributed by atoms with Crippen LogP contribution in [0.1, 0.15) is 45.4 Å². The van der Waals surface area contributed by atoms with Crippen LogP contribution in [0.15, 0.2) is 0 Å². The van der Waals surface area contributed by atoms with Gasteiger partial charge in [-0.2, -0.15) is 0 Å². The Bertz CT molecular complexity index is 94.2. The largest absolute Gasteiger partial charge is 0.317 e. The molecule has 0 spiro atoms. The molecular weight excluding hydrogens is 162 g/mol. The Morgan fingerprint density at radius 3 is 2.31 bits per heavy atom. The van der Waals surface area contributed by atoms with Gasteiger partial charge in [0.15, 0.2) is 0 Å². The Hall–Kier alpha value is -0.120. The number of nitrogens with two attached hydrogens (primary N) is 2. The lowest BCUT2D eigenvalue weighted by Crippen LogP contribution is -2.34. The van der Waals surface area contributed by atoms with E-state index in [4.69, 9.17) is 11.5 Å². The minimum Gasteiger partial charge on any atom is -0.317 e. The van der Waals surface area contributed by atoms with Crippen molar-refractivity contribution in [2.45, 2.75) is 51.6 Å². The van der Waals surface area contributed by atoms with Crippen molar-refractivity contribution in [3.8, 4) is 0 Å². The molecule has 0 heterocycles. The number of rotatable bonds is 9. The first-order valence-corrected chi connectivity index (χ1v) is 5.49. The van der Waals surface area contributed by atoms with E-state index >= 15 is 0 Å². The van der Waals surface area contributed by atoms with E-state index in [0.717, 1.165) is 19.5 Å². The number of nitrogens with one attached hydrogen (secondary N) is 1. The molecule has 13 heavy (non-hydrogen) atoms. The van der Waals surface area contributed by atoms with E-state index in [2.05, 4.69) is 12.2 Å². The first kappa shape index (κ1) is 12.9. The molecule has 0 saturated carbocycles. The van der Waals surface area contributed by atoms with Crippen molar-refractivity contribution >= 4 is 0 Å². The van der Waals surface area contributed by atoms with Crippen LogP contribution in [0.25, 0.3) is 0 Å². The monoisotopic (exact) mass is 187 g/mol. The lowest BCUT2D eigenvalue weighted by atomic mass is 10.1. The van der Waals surface area contributed by atoms with Crippen LogP contribution in [0.2, 0.25) is 0 Å². The molecule has 0 aliphatic rings. The average molecular weight is 187 g/mol. The summed E-state index contributed by atoms with van der Waals surface area (Å²) < 4.78 is 0. The van der Waals surface area contributed by atoms with Gasteiger partial charge in [0.05, 0.1) is 6.17 Å². The first-order chi connectivity index (χ1) is 6.27. The van der Waals surface area contributed by atoms with Crippen molar-refractivity contribution in [3.63, 3.8) is 0 Å². The van der Waals surface area contributed by atoms with E-state index in [1.165, 1.54) is 32.1 Å². The van der Waals surface area contributed by atoms with E-state index in [-0.39, 0.29) is 6.17 Å². The van der Waals surface area contributed by atoms with Gasteiger partial charge in [-0.15, -0.1) is 0 Å². The molecule has 80 valence electrons. The zero-order valence-corrected chi connectivity index (χ0v) is 8.89. The maximum absolute atomic E-state index is 5.41. The van der Waals surface area contributed by atoms with Crippen LogP contribution in [0.5, 0.6) is 0 Å². The van der Waals surface area contributed by atoms with Gasteiger partial charge < -0.3 is 16.8 Å². The maximum Gasteiger partial charge on any atom is 0.0533 e. The Morgan fingerprint density at radius 1 is 1.00 bits per heavy atom. The van der Waals surface area contributed by atoms with Crippen molar-refractivity contribution in [3.05, 3.63) is 0 Å². The third-order valence-corrected chi connectivity index (χ3v) is 2.11. The SMILES string of the molecule is CCCCCCCNCCC(N)N. The van der Waals surface area contributed by atoms with Crippen molar-refractivity contribution in [1.29, 1.82) is 0 Å². The van der Waals surface area contributed by atoms with Crippen molar-refractivity contribution in [2.24, 2.45) is 11.5 Å². The van der Waals surface area contributed by atoms with E-state index in [9.17, 15) is 0 Å². The summed E-state index contributed by atoms with van der Waals surface area (Å²) in [5, 5.41) is 3.33. The fraction of sp³-hybridized carbons (Fsp3) is 1.00. The van der Waals surface area contributed by atoms with Gasteiger partial charge in [0.1, 0.15) is 0 Å². The maximum atomic E-state index is 5.41. The van der Waals surface area contributed by atoms with E-state index in [1.807, 2.05) is 0 Å². The minimum atomic E-state index is -0.160. The fourth-order valence-corrected chi connectivity index (χ4v) is 1.25. The molecule has 0 aliphatic carbocycles. The second-order valence-corrected chi connectivity index (χ2v) is 3.62. The smallest absolute Gasteiger partial charge is 0.0533 e. The molecule has 3 nitrogen and oxygen atoms in total. The second kappa shape index (κ2) is 9.96. The predicted molar refractivity (Wildman–Crippen MR) is 58.4 cm³/mol. The second-order valence-electron chi connectivity index (χ2n) is 3.62. The molecular formula is C10H25N3. The predicted octanol–water partition coefficient (Wildman–Crippen LogP) is 1.18. The van der Waals surface area contributed by atoms with Gasteiger partial charge in [0.2, 0.25) is 0 Å².